The summed E-state index contributed by atoms with van der Waals surface area (Å²) in [6, 6.07) is -0.640. The van der Waals surface area contributed by atoms with Crippen LogP contribution in [0.4, 0.5) is 19.0 Å². The van der Waals surface area contributed by atoms with E-state index in [4.69, 9.17) is 11.6 Å². The highest BCUT2D eigenvalue weighted by Gasteiger charge is 2.68. The van der Waals surface area contributed by atoms with Gasteiger partial charge in [-0.1, -0.05) is 11.6 Å². The Kier molecular flexibility index (Phi) is 7.19. The molecule has 0 aromatic carbocycles. The fourth-order valence-electron chi connectivity index (χ4n) is 4.25. The quantitative estimate of drug-likeness (QED) is 0.350. The Morgan fingerprint density at radius 2 is 1.92 bits per heavy atom. The van der Waals surface area contributed by atoms with E-state index < -0.39 is 71.3 Å². The van der Waals surface area contributed by atoms with Gasteiger partial charge in [-0.15, -0.1) is 0 Å². The Hall–Kier alpha value is -3.22. The number of hydrogen-bond acceptors (Lipinski definition) is 6. The van der Waals surface area contributed by atoms with E-state index in [2.05, 4.69) is 26.3 Å². The van der Waals surface area contributed by atoms with Crippen molar-refractivity contribution in [2.75, 3.05) is 5.32 Å². The fraction of sp³-hybridized carbons (Fsp3) is 0.565. The van der Waals surface area contributed by atoms with E-state index in [0.717, 1.165) is 25.1 Å². The molecule has 2 aliphatic carbocycles. The fourth-order valence-corrected chi connectivity index (χ4v) is 4.41. The summed E-state index contributed by atoms with van der Waals surface area (Å²) in [6.45, 7) is 1.77. The van der Waals surface area contributed by atoms with Crippen molar-refractivity contribution in [2.24, 2.45) is 11.3 Å². The number of hydrogen-bond donors (Lipinski definition) is 4. The number of aromatic nitrogens is 1. The highest BCUT2D eigenvalue weighted by atomic mass is 35.5. The highest BCUT2D eigenvalue weighted by molar-refractivity contribution is 6.38. The van der Waals surface area contributed by atoms with Crippen molar-refractivity contribution in [1.82, 2.24) is 20.9 Å². The average molecular weight is 544 g/mol. The Bertz CT molecular complexity index is 1150. The van der Waals surface area contributed by atoms with Crippen LogP contribution in [0.25, 0.3) is 0 Å². The summed E-state index contributed by atoms with van der Waals surface area (Å²) in [5, 5.41) is 9.64. The maximum absolute atomic E-state index is 13.4. The first kappa shape index (κ1) is 26.8. The molecule has 0 spiro atoms. The topological polar surface area (TPSA) is 146 Å². The van der Waals surface area contributed by atoms with Crippen LogP contribution in [0.2, 0.25) is 5.02 Å². The lowest BCUT2D eigenvalue weighted by Crippen LogP contribution is -2.49. The van der Waals surface area contributed by atoms with Gasteiger partial charge in [-0.05, 0) is 51.5 Å². The largest absolute Gasteiger partial charge is 0.403 e. The Morgan fingerprint density at radius 1 is 1.24 bits per heavy atom. The van der Waals surface area contributed by atoms with Gasteiger partial charge in [0.1, 0.15) is 11.2 Å². The second-order valence-electron chi connectivity index (χ2n) is 9.80. The number of carbonyl (C=O) groups excluding carboxylic acids is 5. The molecule has 0 bridgehead atoms. The number of pyridine rings is 1. The molecule has 0 unspecified atom stereocenters. The zero-order valence-electron chi connectivity index (χ0n) is 19.7. The van der Waals surface area contributed by atoms with Crippen LogP contribution in [0.15, 0.2) is 12.3 Å². The van der Waals surface area contributed by atoms with Crippen LogP contribution in [0.5, 0.6) is 0 Å². The molecule has 2 saturated carbocycles. The minimum Gasteiger partial charge on any atom is -0.353 e. The molecule has 1 aromatic heterocycles. The molecule has 3 aliphatic rings. The molecule has 1 aliphatic heterocycles. The molecule has 3 atom stereocenters. The number of nitrogens with zero attached hydrogens (tertiary/aromatic N) is 1. The third-order valence-corrected chi connectivity index (χ3v) is 6.94. The molecule has 200 valence electrons. The summed E-state index contributed by atoms with van der Waals surface area (Å²) in [5.74, 6) is -5.73. The molecule has 4 amide bonds. The van der Waals surface area contributed by atoms with Crippen molar-refractivity contribution >= 4 is 46.8 Å². The van der Waals surface area contributed by atoms with E-state index in [1.54, 1.807) is 6.92 Å². The minimum absolute atomic E-state index is 0.0570. The molecule has 1 saturated heterocycles. The minimum atomic E-state index is -4.78. The summed E-state index contributed by atoms with van der Waals surface area (Å²) < 4.78 is 40.1. The second kappa shape index (κ2) is 9.92. The Balaban J connectivity index is 1.55. The molecule has 4 N–H and O–H groups in total. The van der Waals surface area contributed by atoms with E-state index in [1.165, 1.54) is 0 Å². The number of halogens is 4. The number of Topliss-reactive ketones (excluding diaryl/α,β-unsaturated/α-hetero) is 1. The zero-order valence-corrected chi connectivity index (χ0v) is 20.5. The van der Waals surface area contributed by atoms with Gasteiger partial charge in [-0.3, -0.25) is 24.0 Å². The third kappa shape index (κ3) is 5.86. The van der Waals surface area contributed by atoms with Crippen LogP contribution in [-0.2, 0) is 19.2 Å². The van der Waals surface area contributed by atoms with Gasteiger partial charge < -0.3 is 21.3 Å². The Morgan fingerprint density at radius 3 is 2.46 bits per heavy atom. The van der Waals surface area contributed by atoms with Crippen molar-refractivity contribution in [3.05, 3.63) is 22.8 Å². The van der Waals surface area contributed by atoms with Crippen LogP contribution < -0.4 is 21.3 Å². The van der Waals surface area contributed by atoms with Gasteiger partial charge in [0.2, 0.25) is 17.6 Å². The van der Waals surface area contributed by atoms with Crippen LogP contribution in [-0.4, -0.2) is 58.7 Å². The lowest BCUT2D eigenvalue weighted by molar-refractivity contribution is -0.189. The summed E-state index contributed by atoms with van der Waals surface area (Å²) in [5.41, 5.74) is -2.96. The van der Waals surface area contributed by atoms with Crippen molar-refractivity contribution in [1.29, 1.82) is 0 Å². The van der Waals surface area contributed by atoms with Crippen molar-refractivity contribution < 1.29 is 37.1 Å². The van der Waals surface area contributed by atoms with E-state index in [1.807, 2.05) is 0 Å². The van der Waals surface area contributed by atoms with Gasteiger partial charge in [0.15, 0.2) is 0 Å². The van der Waals surface area contributed by atoms with Crippen LogP contribution in [0.3, 0.4) is 0 Å². The predicted octanol–water partition coefficient (Wildman–Crippen LogP) is 1.88. The zero-order chi connectivity index (χ0) is 27.1. The molecule has 10 nitrogen and oxygen atoms in total. The van der Waals surface area contributed by atoms with E-state index in [-0.39, 0.29) is 29.4 Å². The number of alkyl halides is 3. The lowest BCUT2D eigenvalue weighted by atomic mass is 9.93. The van der Waals surface area contributed by atoms with E-state index >= 15 is 0 Å². The number of ketones is 1. The number of nitrogens with one attached hydrogen (secondary N) is 4. The molecular weight excluding hydrogens is 519 g/mol. The summed E-state index contributed by atoms with van der Waals surface area (Å²) in [6.07, 6.45) is -2.90. The predicted molar refractivity (Wildman–Crippen MR) is 123 cm³/mol. The van der Waals surface area contributed by atoms with Crippen LogP contribution >= 0.6 is 11.6 Å². The van der Waals surface area contributed by atoms with Gasteiger partial charge in [0.25, 0.3) is 11.8 Å². The summed E-state index contributed by atoms with van der Waals surface area (Å²) in [7, 11) is 0. The van der Waals surface area contributed by atoms with E-state index in [0.29, 0.717) is 6.42 Å². The third-order valence-electron chi connectivity index (χ3n) is 6.73. The molecule has 37 heavy (non-hydrogen) atoms. The molecular formula is C23H25ClF3N5O5. The number of rotatable bonds is 9. The maximum atomic E-state index is 13.4. The molecule has 2 heterocycles. The number of amides is 4. The van der Waals surface area contributed by atoms with Crippen molar-refractivity contribution in [3.63, 3.8) is 0 Å². The monoisotopic (exact) mass is 543 g/mol. The molecule has 3 fully saturated rings. The lowest BCUT2D eigenvalue weighted by Gasteiger charge is -2.21. The molecule has 1 aromatic rings. The summed E-state index contributed by atoms with van der Waals surface area (Å²) in [4.78, 5) is 67.1. The number of anilines is 1. The highest BCUT2D eigenvalue weighted by Crippen LogP contribution is 2.58. The smallest absolute Gasteiger partial charge is 0.353 e. The van der Waals surface area contributed by atoms with Crippen molar-refractivity contribution in [3.8, 4) is 0 Å². The van der Waals surface area contributed by atoms with Crippen molar-refractivity contribution in [2.45, 2.75) is 69.8 Å². The first-order chi connectivity index (χ1) is 17.3. The van der Waals surface area contributed by atoms with Gasteiger partial charge in [-0.2, -0.15) is 13.2 Å². The van der Waals surface area contributed by atoms with Gasteiger partial charge in [-0.25, -0.2) is 4.98 Å². The first-order valence-electron chi connectivity index (χ1n) is 11.8. The first-order valence-corrected chi connectivity index (χ1v) is 12.2. The van der Waals surface area contributed by atoms with Gasteiger partial charge >= 0.3 is 6.18 Å². The second-order valence-corrected chi connectivity index (χ2v) is 10.2. The normalized spacial score (nSPS) is 23.0. The summed E-state index contributed by atoms with van der Waals surface area (Å²) >= 11 is 5.94. The van der Waals surface area contributed by atoms with Gasteiger partial charge in [0.05, 0.1) is 16.6 Å². The van der Waals surface area contributed by atoms with E-state index in [9.17, 15) is 37.1 Å². The van der Waals surface area contributed by atoms with Gasteiger partial charge in [0, 0.05) is 24.2 Å². The number of carbonyl (C=O) groups is 5. The molecule has 4 rings (SSSR count). The SMILES string of the molecule is C[C@@H]1C[C@@H](C[C@H](NC(=O)c2cc(Cl)cnc2NC(=O)C2(C(F)(F)F)CC2)C(=O)C(=O)NC2CC2)C(=O)N1. The van der Waals surface area contributed by atoms with Crippen LogP contribution in [0.1, 0.15) is 55.8 Å². The molecule has 0 radical (unpaired) electrons. The standard InChI is InChI=1S/C23H25ClF3N5O5/c1-10-6-11(18(34)29-10)7-15(16(33)20(36)30-13-2-3-13)31-19(35)14-8-12(24)9-28-17(14)32-21(37)22(4-5-22)23(25,26)27/h8-11,13,15H,2-7H2,1H3,(H,29,34)(H,30,36)(H,31,35)(H,28,32,37)/t10-,11+,15+/m1/s1. The maximum Gasteiger partial charge on any atom is 0.403 e. The average Bonchev–Trinajstić information content (AvgIpc) is 3.72. The molecule has 14 heteroatoms. The Labute approximate surface area is 214 Å². The van der Waals surface area contributed by atoms with Crippen LogP contribution in [0, 0.1) is 11.3 Å².